The molecule has 0 saturated carbocycles. The Morgan fingerprint density at radius 1 is 0.500 bits per heavy atom. The van der Waals surface area contributed by atoms with Crippen LogP contribution in [0.25, 0.3) is 0 Å². The molecule has 0 aromatic rings. The van der Waals surface area contributed by atoms with Gasteiger partial charge in [0.2, 0.25) is 0 Å². The van der Waals surface area contributed by atoms with E-state index >= 15 is 0 Å². The number of hydrogen-bond acceptors (Lipinski definition) is 4. The van der Waals surface area contributed by atoms with E-state index in [-0.39, 0.29) is 33.2 Å². The van der Waals surface area contributed by atoms with Crippen molar-refractivity contribution in [3.8, 4) is 0 Å². The Hall–Kier alpha value is -0.160. The van der Waals surface area contributed by atoms with E-state index in [4.69, 9.17) is 0 Å². The first-order valence-corrected chi connectivity index (χ1v) is 13.2. The van der Waals surface area contributed by atoms with Crippen LogP contribution < -0.4 is 10.6 Å². The third-order valence-corrected chi connectivity index (χ3v) is 8.89. The Bertz CT molecular complexity index is 600. The molecule has 4 nitrogen and oxygen atoms in total. The molecule has 4 heteroatoms. The highest BCUT2D eigenvalue weighted by atomic mass is 15.3. The topological polar surface area (TPSA) is 30.5 Å². The van der Waals surface area contributed by atoms with Gasteiger partial charge in [-0.2, -0.15) is 0 Å². The third-order valence-electron chi connectivity index (χ3n) is 8.89. The minimum atomic E-state index is 0.166. The second-order valence-corrected chi connectivity index (χ2v) is 15.6. The summed E-state index contributed by atoms with van der Waals surface area (Å²) < 4.78 is 0. The summed E-state index contributed by atoms with van der Waals surface area (Å²) in [5, 5.41) is 7.89. The van der Waals surface area contributed by atoms with Crippen LogP contribution in [-0.4, -0.2) is 68.2 Å². The standard InChI is InChI=1S/C28H56N4/c1-23(2)14-20(15-24(3,4)29-23)32(21-16-25(5,6)30-26(7,8)17-21)22-18-27(9,10)31(13)28(11,12)19-22/h20-22,29-30H,14-19H2,1-13H3. The van der Waals surface area contributed by atoms with E-state index in [9.17, 15) is 0 Å². The lowest BCUT2D eigenvalue weighted by Gasteiger charge is -2.61. The van der Waals surface area contributed by atoms with Gasteiger partial charge in [-0.05, 0) is 129 Å². The van der Waals surface area contributed by atoms with Gasteiger partial charge >= 0.3 is 0 Å². The first-order chi connectivity index (χ1) is 14.1. The maximum Gasteiger partial charge on any atom is 0.0170 e. The molecule has 32 heavy (non-hydrogen) atoms. The molecule has 0 aliphatic carbocycles. The molecule has 2 N–H and O–H groups in total. The van der Waals surface area contributed by atoms with Crippen LogP contribution in [0, 0.1) is 0 Å². The van der Waals surface area contributed by atoms with Gasteiger partial charge in [-0.25, -0.2) is 0 Å². The Morgan fingerprint density at radius 3 is 1.03 bits per heavy atom. The summed E-state index contributed by atoms with van der Waals surface area (Å²) in [6.45, 7) is 29.2. The molecule has 3 aliphatic heterocycles. The molecule has 3 saturated heterocycles. The molecule has 3 fully saturated rings. The maximum atomic E-state index is 3.95. The second-order valence-electron chi connectivity index (χ2n) is 15.6. The summed E-state index contributed by atoms with van der Waals surface area (Å²) in [6, 6.07) is 1.87. The summed E-state index contributed by atoms with van der Waals surface area (Å²) in [5.41, 5.74) is 1.08. The van der Waals surface area contributed by atoms with Gasteiger partial charge < -0.3 is 10.6 Å². The first kappa shape index (κ1) is 26.4. The molecule has 0 atom stereocenters. The fraction of sp³-hybridized carbons (Fsp3) is 1.00. The summed E-state index contributed by atoms with van der Waals surface area (Å²) >= 11 is 0. The van der Waals surface area contributed by atoms with Crippen molar-refractivity contribution in [1.82, 2.24) is 20.4 Å². The van der Waals surface area contributed by atoms with Crippen molar-refractivity contribution in [2.75, 3.05) is 7.05 Å². The van der Waals surface area contributed by atoms with E-state index in [1.165, 1.54) is 38.5 Å². The molecular formula is C28H56N4. The SMILES string of the molecule is CN1C(C)(C)CC(N(C2CC(C)(C)NC(C)(C)C2)C2CC(C)(C)NC(C)(C)C2)CC1(C)C. The van der Waals surface area contributed by atoms with Crippen molar-refractivity contribution >= 4 is 0 Å². The largest absolute Gasteiger partial charge is 0.307 e. The molecule has 0 aromatic carbocycles. The van der Waals surface area contributed by atoms with Crippen molar-refractivity contribution in [2.45, 2.75) is 173 Å². The summed E-state index contributed by atoms with van der Waals surface area (Å²) in [6.07, 6.45) is 7.43. The fourth-order valence-electron chi connectivity index (χ4n) is 8.38. The van der Waals surface area contributed by atoms with Crippen LogP contribution in [0.15, 0.2) is 0 Å². The van der Waals surface area contributed by atoms with E-state index < -0.39 is 0 Å². The molecule has 0 aromatic heterocycles. The number of piperidine rings is 3. The van der Waals surface area contributed by atoms with Crippen molar-refractivity contribution in [3.05, 3.63) is 0 Å². The zero-order chi connectivity index (χ0) is 24.5. The third kappa shape index (κ3) is 5.73. The Morgan fingerprint density at radius 2 is 0.750 bits per heavy atom. The molecule has 0 spiro atoms. The molecule has 0 bridgehead atoms. The minimum Gasteiger partial charge on any atom is -0.307 e. The Balaban J connectivity index is 2.04. The lowest BCUT2D eigenvalue weighted by Crippen LogP contribution is -2.71. The van der Waals surface area contributed by atoms with Crippen LogP contribution in [0.2, 0.25) is 0 Å². The van der Waals surface area contributed by atoms with Crippen LogP contribution >= 0.6 is 0 Å². The fourth-order valence-corrected chi connectivity index (χ4v) is 8.38. The van der Waals surface area contributed by atoms with Gasteiger partial charge in [0.1, 0.15) is 0 Å². The lowest BCUT2D eigenvalue weighted by molar-refractivity contribution is -0.0942. The molecule has 3 rings (SSSR count). The van der Waals surface area contributed by atoms with Gasteiger partial charge in [0.25, 0.3) is 0 Å². The second kappa shape index (κ2) is 7.93. The molecule has 3 aliphatic rings. The van der Waals surface area contributed by atoms with E-state index in [1.54, 1.807) is 0 Å². The van der Waals surface area contributed by atoms with Crippen molar-refractivity contribution < 1.29 is 0 Å². The summed E-state index contributed by atoms with van der Waals surface area (Å²) in [5.74, 6) is 0. The van der Waals surface area contributed by atoms with Gasteiger partial charge in [0.05, 0.1) is 0 Å². The number of nitrogens with zero attached hydrogens (tertiary/aromatic N) is 2. The van der Waals surface area contributed by atoms with Crippen LogP contribution in [0.5, 0.6) is 0 Å². The molecule has 3 heterocycles. The molecule has 0 unspecified atom stereocenters. The van der Waals surface area contributed by atoms with Crippen LogP contribution in [0.4, 0.5) is 0 Å². The quantitative estimate of drug-likeness (QED) is 0.592. The average molecular weight is 449 g/mol. The first-order valence-electron chi connectivity index (χ1n) is 13.2. The van der Waals surface area contributed by atoms with E-state index in [0.717, 1.165) is 0 Å². The van der Waals surface area contributed by atoms with Crippen LogP contribution in [0.3, 0.4) is 0 Å². The van der Waals surface area contributed by atoms with Crippen LogP contribution in [0.1, 0.15) is 122 Å². The van der Waals surface area contributed by atoms with E-state index in [2.05, 4.69) is 111 Å². The monoisotopic (exact) mass is 448 g/mol. The molecular weight excluding hydrogens is 392 g/mol. The molecule has 0 radical (unpaired) electrons. The predicted molar refractivity (Wildman–Crippen MR) is 139 cm³/mol. The van der Waals surface area contributed by atoms with Gasteiger partial charge in [-0.1, -0.05) is 0 Å². The molecule has 188 valence electrons. The van der Waals surface area contributed by atoms with E-state index in [1.807, 2.05) is 0 Å². The highest BCUT2D eigenvalue weighted by molar-refractivity contribution is 5.10. The number of nitrogens with one attached hydrogen (secondary N) is 2. The average Bonchev–Trinajstić information content (AvgIpc) is 2.45. The highest BCUT2D eigenvalue weighted by Gasteiger charge is 2.51. The normalized spacial score (nSPS) is 32.8. The van der Waals surface area contributed by atoms with Crippen molar-refractivity contribution in [3.63, 3.8) is 0 Å². The number of rotatable bonds is 3. The zero-order valence-electron chi connectivity index (χ0n) is 23.9. The predicted octanol–water partition coefficient (Wildman–Crippen LogP) is 5.56. The number of likely N-dealkylation sites (tertiary alicyclic amines) is 1. The summed E-state index contributed by atoms with van der Waals surface area (Å²) in [7, 11) is 2.34. The highest BCUT2D eigenvalue weighted by Crippen LogP contribution is 2.45. The summed E-state index contributed by atoms with van der Waals surface area (Å²) in [4.78, 5) is 5.71. The Labute approximate surface area is 200 Å². The van der Waals surface area contributed by atoms with Gasteiger partial charge in [0.15, 0.2) is 0 Å². The number of hydrogen-bond donors (Lipinski definition) is 2. The van der Waals surface area contributed by atoms with Crippen LogP contribution in [-0.2, 0) is 0 Å². The smallest absolute Gasteiger partial charge is 0.0170 e. The minimum absolute atomic E-state index is 0.166. The maximum absolute atomic E-state index is 3.95. The lowest BCUT2D eigenvalue weighted by atomic mass is 9.71. The molecule has 0 amide bonds. The Kier molecular flexibility index (Phi) is 6.55. The van der Waals surface area contributed by atoms with Gasteiger partial charge in [-0.15, -0.1) is 0 Å². The zero-order valence-corrected chi connectivity index (χ0v) is 23.9. The van der Waals surface area contributed by atoms with E-state index in [0.29, 0.717) is 18.1 Å². The van der Waals surface area contributed by atoms with Gasteiger partial charge in [0, 0.05) is 51.4 Å². The van der Waals surface area contributed by atoms with Crippen molar-refractivity contribution in [2.24, 2.45) is 0 Å². The van der Waals surface area contributed by atoms with Gasteiger partial charge in [-0.3, -0.25) is 9.80 Å². The van der Waals surface area contributed by atoms with Crippen molar-refractivity contribution in [1.29, 1.82) is 0 Å².